The number of benzene rings is 1. The molecule has 1 aliphatic carbocycles. The minimum absolute atomic E-state index is 0.0940. The Kier molecular flexibility index (Phi) is 6.99. The molecule has 2 atom stereocenters. The van der Waals surface area contributed by atoms with Gasteiger partial charge in [0.25, 0.3) is 0 Å². The van der Waals surface area contributed by atoms with Crippen molar-refractivity contribution in [2.45, 2.75) is 45.1 Å². The van der Waals surface area contributed by atoms with Crippen molar-refractivity contribution in [1.82, 2.24) is 10.0 Å². The maximum absolute atomic E-state index is 12.0. The number of carbonyl (C=O) groups excluding carboxylic acids is 1. The molecule has 0 radical (unpaired) electrons. The van der Waals surface area contributed by atoms with Gasteiger partial charge in [-0.15, -0.1) is 0 Å². The molecular formula is C18H26N2O3S. The number of amides is 1. The third-order valence-corrected chi connectivity index (χ3v) is 5.45. The van der Waals surface area contributed by atoms with Gasteiger partial charge in [-0.05, 0) is 30.4 Å². The van der Waals surface area contributed by atoms with Gasteiger partial charge in [-0.1, -0.05) is 50.1 Å². The largest absolute Gasteiger partial charge is 0.353 e. The summed E-state index contributed by atoms with van der Waals surface area (Å²) in [5.74, 6) is 0.400. The molecule has 1 saturated carbocycles. The molecule has 5 nitrogen and oxygen atoms in total. The van der Waals surface area contributed by atoms with Crippen LogP contribution in [0, 0.1) is 5.92 Å². The summed E-state index contributed by atoms with van der Waals surface area (Å²) in [4.78, 5) is 12.0. The van der Waals surface area contributed by atoms with Gasteiger partial charge in [0.1, 0.15) is 0 Å². The van der Waals surface area contributed by atoms with Crippen LogP contribution in [0.1, 0.15) is 44.6 Å². The Labute approximate surface area is 144 Å². The molecule has 1 amide bonds. The second-order valence-electron chi connectivity index (χ2n) is 6.34. The Bertz CT molecular complexity index is 656. The molecule has 2 rings (SSSR count). The average molecular weight is 350 g/mol. The number of rotatable bonds is 7. The summed E-state index contributed by atoms with van der Waals surface area (Å²) < 4.78 is 26.2. The molecule has 24 heavy (non-hydrogen) atoms. The topological polar surface area (TPSA) is 75.3 Å². The van der Waals surface area contributed by atoms with Crippen LogP contribution >= 0.6 is 0 Å². The van der Waals surface area contributed by atoms with Crippen molar-refractivity contribution in [3.05, 3.63) is 41.3 Å². The van der Waals surface area contributed by atoms with Crippen LogP contribution in [-0.4, -0.2) is 26.9 Å². The van der Waals surface area contributed by atoms with E-state index in [-0.39, 0.29) is 24.9 Å². The first-order chi connectivity index (χ1) is 11.5. The number of carbonyl (C=O) groups is 1. The SMILES string of the molecule is CC1CCCCC1NC(=O)CCNS(=O)(=O)/C=C/c1ccccc1. The van der Waals surface area contributed by atoms with Crippen molar-refractivity contribution < 1.29 is 13.2 Å². The molecule has 0 heterocycles. The van der Waals surface area contributed by atoms with E-state index in [2.05, 4.69) is 17.0 Å². The molecule has 0 aromatic heterocycles. The van der Waals surface area contributed by atoms with Crippen LogP contribution in [0.4, 0.5) is 0 Å². The van der Waals surface area contributed by atoms with Gasteiger partial charge in [0.15, 0.2) is 0 Å². The van der Waals surface area contributed by atoms with Crippen molar-refractivity contribution in [3.63, 3.8) is 0 Å². The van der Waals surface area contributed by atoms with Crippen molar-refractivity contribution in [3.8, 4) is 0 Å². The van der Waals surface area contributed by atoms with E-state index < -0.39 is 10.0 Å². The highest BCUT2D eigenvalue weighted by molar-refractivity contribution is 7.92. The van der Waals surface area contributed by atoms with E-state index in [1.807, 2.05) is 30.3 Å². The minimum atomic E-state index is -3.53. The number of nitrogens with one attached hydrogen (secondary N) is 2. The maximum Gasteiger partial charge on any atom is 0.233 e. The van der Waals surface area contributed by atoms with Crippen molar-refractivity contribution in [2.24, 2.45) is 5.92 Å². The molecule has 132 valence electrons. The summed E-state index contributed by atoms with van der Waals surface area (Å²) in [5.41, 5.74) is 0.812. The smallest absolute Gasteiger partial charge is 0.233 e. The molecule has 1 aromatic rings. The van der Waals surface area contributed by atoms with Gasteiger partial charge in [0, 0.05) is 24.4 Å². The van der Waals surface area contributed by atoms with Crippen LogP contribution < -0.4 is 10.0 Å². The zero-order valence-electron chi connectivity index (χ0n) is 14.1. The van der Waals surface area contributed by atoms with Gasteiger partial charge >= 0.3 is 0 Å². The van der Waals surface area contributed by atoms with Crippen molar-refractivity contribution >= 4 is 22.0 Å². The van der Waals surface area contributed by atoms with E-state index in [4.69, 9.17) is 0 Å². The van der Waals surface area contributed by atoms with Gasteiger partial charge < -0.3 is 5.32 Å². The highest BCUT2D eigenvalue weighted by Crippen LogP contribution is 2.23. The third-order valence-electron chi connectivity index (χ3n) is 4.35. The molecule has 0 saturated heterocycles. The first-order valence-electron chi connectivity index (χ1n) is 8.48. The van der Waals surface area contributed by atoms with Gasteiger partial charge in [-0.25, -0.2) is 13.1 Å². The minimum Gasteiger partial charge on any atom is -0.353 e. The first-order valence-corrected chi connectivity index (χ1v) is 10.0. The number of sulfonamides is 1. The Morgan fingerprint density at radius 3 is 2.62 bits per heavy atom. The van der Waals surface area contributed by atoms with Crippen LogP contribution in [-0.2, 0) is 14.8 Å². The summed E-state index contributed by atoms with van der Waals surface area (Å²) in [7, 11) is -3.53. The maximum atomic E-state index is 12.0. The Morgan fingerprint density at radius 2 is 1.92 bits per heavy atom. The van der Waals surface area contributed by atoms with Crippen molar-refractivity contribution in [1.29, 1.82) is 0 Å². The fraction of sp³-hybridized carbons (Fsp3) is 0.500. The van der Waals surface area contributed by atoms with Gasteiger partial charge in [-0.3, -0.25) is 4.79 Å². The molecular weight excluding hydrogens is 324 g/mol. The highest BCUT2D eigenvalue weighted by atomic mass is 32.2. The lowest BCUT2D eigenvalue weighted by atomic mass is 9.86. The fourth-order valence-electron chi connectivity index (χ4n) is 2.90. The predicted molar refractivity (Wildman–Crippen MR) is 96.6 cm³/mol. The van der Waals surface area contributed by atoms with E-state index >= 15 is 0 Å². The second-order valence-corrected chi connectivity index (χ2v) is 7.99. The lowest BCUT2D eigenvalue weighted by Gasteiger charge is -2.29. The number of hydrogen-bond acceptors (Lipinski definition) is 3. The molecule has 6 heteroatoms. The summed E-state index contributed by atoms with van der Waals surface area (Å²) in [5, 5.41) is 4.15. The highest BCUT2D eigenvalue weighted by Gasteiger charge is 2.22. The van der Waals surface area contributed by atoms with Gasteiger partial charge in [-0.2, -0.15) is 0 Å². The molecule has 2 N–H and O–H groups in total. The summed E-state index contributed by atoms with van der Waals surface area (Å²) in [6.45, 7) is 2.26. The van der Waals surface area contributed by atoms with E-state index in [1.165, 1.54) is 12.5 Å². The Hall–Kier alpha value is -1.66. The van der Waals surface area contributed by atoms with E-state index in [0.29, 0.717) is 5.92 Å². The Balaban J connectivity index is 1.74. The van der Waals surface area contributed by atoms with Gasteiger partial charge in [0.05, 0.1) is 0 Å². The normalized spacial score (nSPS) is 21.7. The molecule has 1 aromatic carbocycles. The van der Waals surface area contributed by atoms with Crippen LogP contribution in [0.5, 0.6) is 0 Å². The molecule has 0 aliphatic heterocycles. The second kappa shape index (κ2) is 8.99. The first kappa shape index (κ1) is 18.7. The van der Waals surface area contributed by atoms with Crippen molar-refractivity contribution in [2.75, 3.05) is 6.54 Å². The summed E-state index contributed by atoms with van der Waals surface area (Å²) in [6, 6.07) is 9.43. The fourth-order valence-corrected chi connectivity index (χ4v) is 3.72. The average Bonchev–Trinajstić information content (AvgIpc) is 2.56. The zero-order chi connectivity index (χ0) is 17.4. The monoisotopic (exact) mass is 350 g/mol. The lowest BCUT2D eigenvalue weighted by Crippen LogP contribution is -2.42. The van der Waals surface area contributed by atoms with E-state index in [9.17, 15) is 13.2 Å². The standard InChI is InChI=1S/C18H26N2O3S/c1-15-7-5-6-10-17(15)20-18(21)11-13-19-24(22,23)14-12-16-8-3-2-4-9-16/h2-4,8-9,12,14-15,17,19H,5-7,10-11,13H2,1H3,(H,20,21)/b14-12+. The molecule has 1 fully saturated rings. The van der Waals surface area contributed by atoms with E-state index in [1.54, 1.807) is 0 Å². The summed E-state index contributed by atoms with van der Waals surface area (Å²) >= 11 is 0. The Morgan fingerprint density at radius 1 is 1.21 bits per heavy atom. The molecule has 0 spiro atoms. The number of hydrogen-bond donors (Lipinski definition) is 2. The quantitative estimate of drug-likeness (QED) is 0.794. The molecule has 2 unspecified atom stereocenters. The zero-order valence-corrected chi connectivity index (χ0v) is 14.9. The predicted octanol–water partition coefficient (Wildman–Crippen LogP) is 2.66. The molecule has 0 bridgehead atoms. The van der Waals surface area contributed by atoms with Crippen LogP contribution in [0.2, 0.25) is 0 Å². The van der Waals surface area contributed by atoms with Gasteiger partial charge in [0.2, 0.25) is 15.9 Å². The van der Waals surface area contributed by atoms with Crippen LogP contribution in [0.3, 0.4) is 0 Å². The lowest BCUT2D eigenvalue weighted by molar-refractivity contribution is -0.122. The summed E-state index contributed by atoms with van der Waals surface area (Å²) in [6.07, 6.45) is 6.21. The molecule has 1 aliphatic rings. The third kappa shape index (κ3) is 6.45. The van der Waals surface area contributed by atoms with E-state index in [0.717, 1.165) is 30.2 Å². The van der Waals surface area contributed by atoms with Crippen LogP contribution in [0.15, 0.2) is 35.7 Å². The van der Waals surface area contributed by atoms with Crippen LogP contribution in [0.25, 0.3) is 6.08 Å².